The molecule has 1 aromatic heterocycles. The van der Waals surface area contributed by atoms with Gasteiger partial charge in [-0.3, -0.25) is 9.82 Å². The third kappa shape index (κ3) is 3.36. The summed E-state index contributed by atoms with van der Waals surface area (Å²) in [6, 6.07) is 4.79. The van der Waals surface area contributed by atoms with E-state index in [1.807, 2.05) is 20.8 Å². The van der Waals surface area contributed by atoms with E-state index < -0.39 is 10.0 Å². The van der Waals surface area contributed by atoms with E-state index in [0.29, 0.717) is 24.6 Å². The number of rotatable bonds is 6. The van der Waals surface area contributed by atoms with Gasteiger partial charge < -0.3 is 4.74 Å². The Bertz CT molecular complexity index is 723. The van der Waals surface area contributed by atoms with Crippen molar-refractivity contribution in [1.29, 1.82) is 0 Å². The second-order valence-corrected chi connectivity index (χ2v) is 6.27. The summed E-state index contributed by atoms with van der Waals surface area (Å²) < 4.78 is 32.7. The van der Waals surface area contributed by atoms with E-state index >= 15 is 0 Å². The highest BCUT2D eigenvalue weighted by Gasteiger charge is 2.18. The van der Waals surface area contributed by atoms with Crippen molar-refractivity contribution in [1.82, 2.24) is 10.2 Å². The lowest BCUT2D eigenvalue weighted by Gasteiger charge is -2.11. The van der Waals surface area contributed by atoms with E-state index in [1.165, 1.54) is 6.07 Å². The van der Waals surface area contributed by atoms with Crippen LogP contribution >= 0.6 is 0 Å². The number of sulfonamides is 1. The van der Waals surface area contributed by atoms with E-state index in [-0.39, 0.29) is 4.90 Å². The molecule has 2 N–H and O–H groups in total. The smallest absolute Gasteiger partial charge is 0.263 e. The van der Waals surface area contributed by atoms with Gasteiger partial charge in [0.2, 0.25) is 0 Å². The molecule has 1 heterocycles. The van der Waals surface area contributed by atoms with Crippen LogP contribution in [0.3, 0.4) is 0 Å². The summed E-state index contributed by atoms with van der Waals surface area (Å²) in [5.41, 5.74) is 1.60. The molecule has 7 heteroatoms. The Balaban J connectivity index is 2.29. The summed E-state index contributed by atoms with van der Waals surface area (Å²) in [6.07, 6.45) is 2.30. The largest absolute Gasteiger partial charge is 0.494 e. The molecule has 0 aliphatic carbocycles. The van der Waals surface area contributed by atoms with Crippen LogP contribution in [0.15, 0.2) is 29.3 Å². The van der Waals surface area contributed by atoms with Crippen molar-refractivity contribution in [2.24, 2.45) is 0 Å². The molecule has 0 radical (unpaired) electrons. The number of ether oxygens (including phenoxy) is 1. The molecule has 0 aliphatic rings. The van der Waals surface area contributed by atoms with Crippen molar-refractivity contribution < 1.29 is 13.2 Å². The summed E-state index contributed by atoms with van der Waals surface area (Å²) >= 11 is 0. The van der Waals surface area contributed by atoms with Crippen LogP contribution < -0.4 is 9.46 Å². The summed E-state index contributed by atoms with van der Waals surface area (Å²) in [4.78, 5) is 0.195. The van der Waals surface area contributed by atoms with E-state index in [1.54, 1.807) is 18.3 Å². The first-order valence-corrected chi connectivity index (χ1v) is 8.24. The quantitative estimate of drug-likeness (QED) is 0.858. The second-order valence-electron chi connectivity index (χ2n) is 4.59. The molecule has 0 fully saturated rings. The highest BCUT2D eigenvalue weighted by Crippen LogP contribution is 2.24. The van der Waals surface area contributed by atoms with Gasteiger partial charge in [0.25, 0.3) is 10.0 Å². The standard InChI is InChI=1S/C14H19N3O3S/c1-4-11-9-15-16-14(11)17-21(18,19)12-6-7-13(20-5-2)10(3)8-12/h6-9H,4-5H2,1-3H3,(H2,15,16,17). The summed E-state index contributed by atoms with van der Waals surface area (Å²) in [6.45, 7) is 6.18. The first kappa shape index (κ1) is 15.4. The molecule has 1 aromatic carbocycles. The van der Waals surface area contributed by atoms with E-state index in [9.17, 15) is 8.42 Å². The maximum atomic E-state index is 12.4. The van der Waals surface area contributed by atoms with Crippen LogP contribution in [0.5, 0.6) is 5.75 Å². The molecule has 0 unspecified atom stereocenters. The van der Waals surface area contributed by atoms with Gasteiger partial charge in [-0.1, -0.05) is 6.92 Å². The van der Waals surface area contributed by atoms with Crippen molar-refractivity contribution in [3.63, 3.8) is 0 Å². The fraction of sp³-hybridized carbons (Fsp3) is 0.357. The number of hydrogen-bond donors (Lipinski definition) is 2. The Hall–Kier alpha value is -2.02. The third-order valence-corrected chi connectivity index (χ3v) is 4.44. The van der Waals surface area contributed by atoms with Crippen LogP contribution in [0.4, 0.5) is 5.82 Å². The molecule has 21 heavy (non-hydrogen) atoms. The lowest BCUT2D eigenvalue weighted by molar-refractivity contribution is 0.337. The molecule has 0 amide bonds. The molecule has 0 aliphatic heterocycles. The van der Waals surface area contributed by atoms with Crippen LogP contribution in [0.2, 0.25) is 0 Å². The SMILES string of the molecule is CCOc1ccc(S(=O)(=O)Nc2[nH]ncc2CC)cc1C. The zero-order chi connectivity index (χ0) is 15.5. The number of anilines is 1. The highest BCUT2D eigenvalue weighted by atomic mass is 32.2. The molecule has 2 rings (SSSR count). The molecule has 0 saturated carbocycles. The number of H-pyrrole nitrogens is 1. The topological polar surface area (TPSA) is 84.1 Å². The maximum absolute atomic E-state index is 12.4. The Labute approximate surface area is 124 Å². The molecule has 2 aromatic rings. The van der Waals surface area contributed by atoms with Crippen molar-refractivity contribution in [3.8, 4) is 5.75 Å². The van der Waals surface area contributed by atoms with Crippen LogP contribution in [0.1, 0.15) is 25.0 Å². The first-order chi connectivity index (χ1) is 9.97. The minimum Gasteiger partial charge on any atom is -0.494 e. The molecule has 6 nitrogen and oxygen atoms in total. The average molecular weight is 309 g/mol. The molecule has 0 spiro atoms. The zero-order valence-corrected chi connectivity index (χ0v) is 13.1. The van der Waals surface area contributed by atoms with Gasteiger partial charge in [-0.05, 0) is 44.0 Å². The van der Waals surface area contributed by atoms with Crippen molar-refractivity contribution in [2.75, 3.05) is 11.3 Å². The number of aryl methyl sites for hydroxylation is 2. The number of benzene rings is 1. The number of aromatic nitrogens is 2. The van der Waals surface area contributed by atoms with Crippen LogP contribution in [-0.4, -0.2) is 25.2 Å². The van der Waals surface area contributed by atoms with Gasteiger partial charge >= 0.3 is 0 Å². The number of hydrogen-bond acceptors (Lipinski definition) is 4. The first-order valence-electron chi connectivity index (χ1n) is 6.76. The Morgan fingerprint density at radius 3 is 2.71 bits per heavy atom. The van der Waals surface area contributed by atoms with Crippen LogP contribution in [0, 0.1) is 6.92 Å². The fourth-order valence-electron chi connectivity index (χ4n) is 1.97. The van der Waals surface area contributed by atoms with Gasteiger partial charge in [0.15, 0.2) is 0 Å². The monoisotopic (exact) mass is 309 g/mol. The highest BCUT2D eigenvalue weighted by molar-refractivity contribution is 7.92. The Morgan fingerprint density at radius 2 is 2.10 bits per heavy atom. The summed E-state index contributed by atoms with van der Waals surface area (Å²) in [5.74, 6) is 1.09. The fourth-order valence-corrected chi connectivity index (χ4v) is 3.11. The summed E-state index contributed by atoms with van der Waals surface area (Å²) in [5, 5.41) is 6.52. The van der Waals surface area contributed by atoms with Crippen molar-refractivity contribution >= 4 is 15.8 Å². The summed E-state index contributed by atoms with van der Waals surface area (Å²) in [7, 11) is -3.65. The predicted octanol–water partition coefficient (Wildman–Crippen LogP) is 2.48. The molecule has 0 bridgehead atoms. The lowest BCUT2D eigenvalue weighted by Crippen LogP contribution is -2.14. The van der Waals surface area contributed by atoms with Gasteiger partial charge in [-0.15, -0.1) is 0 Å². The van der Waals surface area contributed by atoms with Crippen LogP contribution in [-0.2, 0) is 16.4 Å². The molecular weight excluding hydrogens is 290 g/mol. The normalized spacial score (nSPS) is 11.4. The van der Waals surface area contributed by atoms with Crippen molar-refractivity contribution in [3.05, 3.63) is 35.5 Å². The van der Waals surface area contributed by atoms with Gasteiger partial charge in [0, 0.05) is 5.56 Å². The average Bonchev–Trinajstić information content (AvgIpc) is 2.87. The van der Waals surface area contributed by atoms with E-state index in [0.717, 1.165) is 11.1 Å². The second kappa shape index (κ2) is 6.17. The Morgan fingerprint density at radius 1 is 1.33 bits per heavy atom. The van der Waals surface area contributed by atoms with Gasteiger partial charge in [-0.2, -0.15) is 5.10 Å². The molecule has 114 valence electrons. The van der Waals surface area contributed by atoms with Gasteiger partial charge in [0.1, 0.15) is 11.6 Å². The molecular formula is C14H19N3O3S. The lowest BCUT2D eigenvalue weighted by atomic mass is 10.2. The Kier molecular flexibility index (Phi) is 4.52. The van der Waals surface area contributed by atoms with E-state index in [2.05, 4.69) is 14.9 Å². The number of nitrogens with one attached hydrogen (secondary N) is 2. The minimum atomic E-state index is -3.65. The molecule has 0 atom stereocenters. The minimum absolute atomic E-state index is 0.195. The third-order valence-electron chi connectivity index (χ3n) is 3.09. The van der Waals surface area contributed by atoms with Crippen LogP contribution in [0.25, 0.3) is 0 Å². The molecule has 0 saturated heterocycles. The van der Waals surface area contributed by atoms with Crippen molar-refractivity contribution in [2.45, 2.75) is 32.1 Å². The number of aromatic amines is 1. The predicted molar refractivity (Wildman–Crippen MR) is 81.1 cm³/mol. The maximum Gasteiger partial charge on any atom is 0.263 e. The van der Waals surface area contributed by atoms with Gasteiger partial charge in [-0.25, -0.2) is 8.42 Å². The van der Waals surface area contributed by atoms with E-state index in [4.69, 9.17) is 4.74 Å². The zero-order valence-electron chi connectivity index (χ0n) is 12.3. The van der Waals surface area contributed by atoms with Gasteiger partial charge in [0.05, 0.1) is 17.7 Å². The number of nitrogens with zero attached hydrogens (tertiary/aromatic N) is 1.